The summed E-state index contributed by atoms with van der Waals surface area (Å²) in [6.07, 6.45) is 12.1. The minimum atomic E-state index is -0.897. The van der Waals surface area contributed by atoms with Crippen molar-refractivity contribution in [2.45, 2.75) is 89.4 Å². The molecule has 1 aliphatic rings. The molecule has 2 amide bonds. The standard InChI is InChI=1S/C36H46N2O7/c1-2-3-7-14-27(39)19-22-30-29(32(40)24-33(30)41)15-10-4-5-11-16-34(42)45-28-20-17-25(18-21-28)23-31(35(37)43)38-36(44)26-12-8-6-9-13-26/h4,6,8-10,12-13,17-22,27,29-31,33,39,41H,2-3,5,7,11,14-16,23-24H2,1H3,(H2,37,43)(H,38,44)/b10-4-,22-19+/t27-,29+,30+,31-,33+/m0/s1. The number of hydrogen-bond donors (Lipinski definition) is 4. The van der Waals surface area contributed by atoms with Gasteiger partial charge in [-0.15, -0.1) is 0 Å². The fraction of sp³-hybridized carbons (Fsp3) is 0.444. The van der Waals surface area contributed by atoms with E-state index in [4.69, 9.17) is 10.5 Å². The summed E-state index contributed by atoms with van der Waals surface area (Å²) in [5, 5.41) is 23.2. The second kappa shape index (κ2) is 18.7. The van der Waals surface area contributed by atoms with E-state index in [-0.39, 0.29) is 42.9 Å². The average Bonchev–Trinajstić information content (AvgIpc) is 3.29. The number of carbonyl (C=O) groups is 4. The number of aliphatic hydroxyl groups excluding tert-OH is 2. The fourth-order valence-corrected chi connectivity index (χ4v) is 5.37. The third kappa shape index (κ3) is 12.1. The van der Waals surface area contributed by atoms with Crippen LogP contribution >= 0.6 is 0 Å². The summed E-state index contributed by atoms with van der Waals surface area (Å²) in [5.41, 5.74) is 6.68. The first-order chi connectivity index (χ1) is 21.7. The van der Waals surface area contributed by atoms with Gasteiger partial charge in [0.05, 0.1) is 12.2 Å². The number of esters is 1. The van der Waals surface area contributed by atoms with E-state index in [1.165, 1.54) is 0 Å². The summed E-state index contributed by atoms with van der Waals surface area (Å²) in [4.78, 5) is 49.2. The highest BCUT2D eigenvalue weighted by Crippen LogP contribution is 2.33. The van der Waals surface area contributed by atoms with Crippen molar-refractivity contribution in [3.05, 3.63) is 90.0 Å². The number of hydrogen-bond acceptors (Lipinski definition) is 7. The second-order valence-electron chi connectivity index (χ2n) is 11.6. The van der Waals surface area contributed by atoms with Gasteiger partial charge in [0.2, 0.25) is 5.91 Å². The molecule has 9 nitrogen and oxygen atoms in total. The van der Waals surface area contributed by atoms with E-state index in [0.29, 0.717) is 37.0 Å². The van der Waals surface area contributed by atoms with E-state index in [2.05, 4.69) is 12.2 Å². The molecule has 0 bridgehead atoms. The molecule has 5 N–H and O–H groups in total. The molecule has 45 heavy (non-hydrogen) atoms. The van der Waals surface area contributed by atoms with Gasteiger partial charge < -0.3 is 26.0 Å². The third-order valence-electron chi connectivity index (χ3n) is 7.98. The van der Waals surface area contributed by atoms with Crippen LogP contribution in [0.4, 0.5) is 0 Å². The highest BCUT2D eigenvalue weighted by atomic mass is 16.5. The number of Topliss-reactive ketones (excluding diaryl/α,β-unsaturated/α-hetero) is 1. The van der Waals surface area contributed by atoms with E-state index in [1.54, 1.807) is 66.7 Å². The molecule has 1 saturated carbocycles. The van der Waals surface area contributed by atoms with E-state index in [9.17, 15) is 29.4 Å². The molecule has 9 heteroatoms. The van der Waals surface area contributed by atoms with E-state index in [0.717, 1.165) is 24.8 Å². The summed E-state index contributed by atoms with van der Waals surface area (Å²) < 4.78 is 5.42. The lowest BCUT2D eigenvalue weighted by atomic mass is 9.90. The molecule has 2 aromatic rings. The summed E-state index contributed by atoms with van der Waals surface area (Å²) in [5.74, 6) is -1.65. The molecule has 1 aliphatic carbocycles. The Morgan fingerprint density at radius 2 is 1.78 bits per heavy atom. The molecule has 5 atom stereocenters. The van der Waals surface area contributed by atoms with Crippen LogP contribution < -0.4 is 15.8 Å². The van der Waals surface area contributed by atoms with Crippen LogP contribution in [-0.2, 0) is 20.8 Å². The number of allylic oxidation sites excluding steroid dienone is 2. The van der Waals surface area contributed by atoms with Crippen molar-refractivity contribution in [1.29, 1.82) is 0 Å². The number of rotatable bonds is 18. The molecule has 242 valence electrons. The van der Waals surface area contributed by atoms with Crippen molar-refractivity contribution >= 4 is 23.6 Å². The first kappa shape index (κ1) is 35.4. The summed E-state index contributed by atoms with van der Waals surface area (Å²) >= 11 is 0. The minimum Gasteiger partial charge on any atom is -0.427 e. The smallest absolute Gasteiger partial charge is 0.311 e. The Bertz CT molecular complexity index is 1310. The maximum atomic E-state index is 12.4. The van der Waals surface area contributed by atoms with Crippen LogP contribution in [0.5, 0.6) is 5.75 Å². The molecule has 0 radical (unpaired) electrons. The van der Waals surface area contributed by atoms with Gasteiger partial charge in [-0.2, -0.15) is 0 Å². The SMILES string of the molecule is CCCCC[C@H](O)/C=C/[C@H]1[C@H](O)CC(=O)[C@@H]1C/C=C\CCCC(=O)Oc1ccc(C[C@H](NC(=O)c2ccccc2)C(N)=O)cc1. The Morgan fingerprint density at radius 3 is 2.47 bits per heavy atom. The number of ketones is 1. The van der Waals surface area contributed by atoms with Gasteiger partial charge in [-0.05, 0) is 55.5 Å². The Labute approximate surface area is 265 Å². The lowest BCUT2D eigenvalue weighted by molar-refractivity contribution is -0.134. The number of ether oxygens (including phenoxy) is 1. The molecular weight excluding hydrogens is 572 g/mol. The van der Waals surface area contributed by atoms with E-state index >= 15 is 0 Å². The largest absolute Gasteiger partial charge is 0.427 e. The maximum absolute atomic E-state index is 12.4. The summed E-state index contributed by atoms with van der Waals surface area (Å²) in [7, 11) is 0. The van der Waals surface area contributed by atoms with Crippen LogP contribution in [0.2, 0.25) is 0 Å². The number of benzene rings is 2. The number of amides is 2. The van der Waals surface area contributed by atoms with Gasteiger partial charge in [0, 0.05) is 36.7 Å². The lowest BCUT2D eigenvalue weighted by Gasteiger charge is -2.16. The van der Waals surface area contributed by atoms with Gasteiger partial charge >= 0.3 is 5.97 Å². The van der Waals surface area contributed by atoms with Crippen molar-refractivity contribution in [3.8, 4) is 5.75 Å². The van der Waals surface area contributed by atoms with Crippen molar-refractivity contribution < 1.29 is 34.1 Å². The number of primary amides is 1. The molecular formula is C36H46N2O7. The summed E-state index contributed by atoms with van der Waals surface area (Å²) in [6.45, 7) is 2.11. The van der Waals surface area contributed by atoms with Gasteiger partial charge in [0.15, 0.2) is 0 Å². The van der Waals surface area contributed by atoms with Crippen LogP contribution in [-0.4, -0.2) is 52.0 Å². The van der Waals surface area contributed by atoms with Crippen LogP contribution in [0.25, 0.3) is 0 Å². The molecule has 2 aromatic carbocycles. The van der Waals surface area contributed by atoms with E-state index in [1.807, 2.05) is 12.2 Å². The molecule has 0 unspecified atom stereocenters. The minimum absolute atomic E-state index is 0.0268. The second-order valence-corrected chi connectivity index (χ2v) is 11.6. The Kier molecular flexibility index (Phi) is 14.7. The topological polar surface area (TPSA) is 156 Å². The number of unbranched alkanes of at least 4 members (excludes halogenated alkanes) is 3. The Morgan fingerprint density at radius 1 is 1.04 bits per heavy atom. The summed E-state index contributed by atoms with van der Waals surface area (Å²) in [6, 6.07) is 14.3. The quantitative estimate of drug-likeness (QED) is 0.0824. The van der Waals surface area contributed by atoms with Crippen molar-refractivity contribution in [1.82, 2.24) is 5.32 Å². The third-order valence-corrected chi connectivity index (χ3v) is 7.98. The maximum Gasteiger partial charge on any atom is 0.311 e. The zero-order valence-corrected chi connectivity index (χ0v) is 26.0. The number of aliphatic hydroxyl groups is 2. The van der Waals surface area contributed by atoms with Crippen molar-refractivity contribution in [2.24, 2.45) is 17.6 Å². The van der Waals surface area contributed by atoms with E-state index < -0.39 is 30.1 Å². The molecule has 0 spiro atoms. The van der Waals surface area contributed by atoms with Gasteiger partial charge in [-0.1, -0.05) is 80.8 Å². The number of carbonyl (C=O) groups excluding carboxylic acids is 4. The Balaban J connectivity index is 1.39. The first-order valence-corrected chi connectivity index (χ1v) is 15.8. The Hall–Kier alpha value is -4.08. The lowest BCUT2D eigenvalue weighted by Crippen LogP contribution is -2.45. The van der Waals surface area contributed by atoms with Crippen LogP contribution in [0.1, 0.15) is 80.6 Å². The van der Waals surface area contributed by atoms with Gasteiger partial charge in [-0.3, -0.25) is 19.2 Å². The average molecular weight is 619 g/mol. The van der Waals surface area contributed by atoms with Gasteiger partial charge in [0.25, 0.3) is 5.91 Å². The molecule has 0 aromatic heterocycles. The highest BCUT2D eigenvalue weighted by Gasteiger charge is 2.39. The fourth-order valence-electron chi connectivity index (χ4n) is 5.37. The van der Waals surface area contributed by atoms with Gasteiger partial charge in [-0.25, -0.2) is 0 Å². The predicted molar refractivity (Wildman–Crippen MR) is 172 cm³/mol. The van der Waals surface area contributed by atoms with Crippen molar-refractivity contribution in [2.75, 3.05) is 0 Å². The molecule has 1 fully saturated rings. The van der Waals surface area contributed by atoms with Gasteiger partial charge in [0.1, 0.15) is 17.6 Å². The molecule has 0 heterocycles. The number of nitrogens with two attached hydrogens (primary N) is 1. The zero-order valence-electron chi connectivity index (χ0n) is 26.0. The van der Waals surface area contributed by atoms with Crippen LogP contribution in [0, 0.1) is 11.8 Å². The highest BCUT2D eigenvalue weighted by molar-refractivity contribution is 5.97. The van der Waals surface area contributed by atoms with Crippen molar-refractivity contribution in [3.63, 3.8) is 0 Å². The normalized spacial score (nSPS) is 19.5. The molecule has 0 aliphatic heterocycles. The monoisotopic (exact) mass is 618 g/mol. The molecule has 3 rings (SSSR count). The van der Waals surface area contributed by atoms with Crippen LogP contribution in [0.15, 0.2) is 78.9 Å². The first-order valence-electron chi connectivity index (χ1n) is 15.8. The molecule has 0 saturated heterocycles. The zero-order chi connectivity index (χ0) is 32.6. The van der Waals surface area contributed by atoms with Crippen LogP contribution in [0.3, 0.4) is 0 Å². The predicted octanol–water partition coefficient (Wildman–Crippen LogP) is 4.60. The number of nitrogens with one attached hydrogen (secondary N) is 1.